The Kier molecular flexibility index (Phi) is 5.98. The van der Waals surface area contributed by atoms with Crippen LogP contribution >= 0.6 is 0 Å². The average molecular weight is 394 g/mol. The Morgan fingerprint density at radius 1 is 1.14 bits per heavy atom. The zero-order chi connectivity index (χ0) is 20.8. The maximum absolute atomic E-state index is 12.3. The number of nitrogens with zero attached hydrogens (tertiary/aromatic N) is 3. The topological polar surface area (TPSA) is 116 Å². The monoisotopic (exact) mass is 394 g/mol. The zero-order valence-electron chi connectivity index (χ0n) is 15.6. The van der Waals surface area contributed by atoms with Crippen LogP contribution in [0, 0.1) is 10.1 Å². The molecule has 0 unspecified atom stereocenters. The lowest BCUT2D eigenvalue weighted by atomic mass is 10.1. The van der Waals surface area contributed by atoms with Crippen LogP contribution in [0.2, 0.25) is 0 Å². The molecule has 29 heavy (non-hydrogen) atoms. The number of aromatic nitrogens is 2. The molecule has 1 amide bonds. The fourth-order valence-electron chi connectivity index (χ4n) is 2.71. The fourth-order valence-corrected chi connectivity index (χ4v) is 2.71. The van der Waals surface area contributed by atoms with E-state index >= 15 is 0 Å². The first-order valence-corrected chi connectivity index (χ1v) is 8.70. The summed E-state index contributed by atoms with van der Waals surface area (Å²) in [4.78, 5) is 33.9. The summed E-state index contributed by atoms with van der Waals surface area (Å²) in [5.41, 5.74) is 2.55. The molecule has 0 aliphatic heterocycles. The zero-order valence-corrected chi connectivity index (χ0v) is 15.6. The molecule has 9 heteroatoms. The van der Waals surface area contributed by atoms with E-state index in [-0.39, 0.29) is 24.6 Å². The first-order valence-electron chi connectivity index (χ1n) is 8.70. The van der Waals surface area contributed by atoms with E-state index in [0.29, 0.717) is 16.8 Å². The van der Waals surface area contributed by atoms with Gasteiger partial charge in [0.1, 0.15) is 6.54 Å². The second kappa shape index (κ2) is 8.79. The quantitative estimate of drug-likeness (QED) is 0.373. The van der Waals surface area contributed by atoms with Crippen LogP contribution in [0.25, 0.3) is 16.9 Å². The first-order chi connectivity index (χ1) is 14.0. The van der Waals surface area contributed by atoms with Crippen molar-refractivity contribution in [3.8, 4) is 16.9 Å². The molecule has 0 atom stereocenters. The SMILES string of the molecule is COC(=O)CNC(=O)Cc1cn(-c2ccccc2)nc1-c1ccc([N+](=O)[O-])cc1. The number of nitro groups is 1. The largest absolute Gasteiger partial charge is 0.468 e. The molecule has 0 saturated heterocycles. The van der Waals surface area contributed by atoms with Crippen LogP contribution in [-0.2, 0) is 20.7 Å². The molecule has 0 aliphatic rings. The van der Waals surface area contributed by atoms with Gasteiger partial charge in [-0.2, -0.15) is 5.10 Å². The number of hydrogen-bond acceptors (Lipinski definition) is 6. The van der Waals surface area contributed by atoms with Crippen molar-refractivity contribution in [2.45, 2.75) is 6.42 Å². The van der Waals surface area contributed by atoms with E-state index in [9.17, 15) is 19.7 Å². The minimum Gasteiger partial charge on any atom is -0.468 e. The van der Waals surface area contributed by atoms with Gasteiger partial charge in [-0.05, 0) is 24.3 Å². The fraction of sp³-hybridized carbons (Fsp3) is 0.150. The Morgan fingerprint density at radius 2 is 1.83 bits per heavy atom. The summed E-state index contributed by atoms with van der Waals surface area (Å²) in [5.74, 6) is -0.917. The van der Waals surface area contributed by atoms with E-state index in [1.165, 1.54) is 19.2 Å². The summed E-state index contributed by atoms with van der Waals surface area (Å²) in [5, 5.41) is 18.0. The highest BCUT2D eigenvalue weighted by molar-refractivity contribution is 5.84. The van der Waals surface area contributed by atoms with Gasteiger partial charge in [-0.3, -0.25) is 19.7 Å². The normalized spacial score (nSPS) is 10.4. The van der Waals surface area contributed by atoms with Gasteiger partial charge in [0, 0.05) is 29.5 Å². The number of esters is 1. The highest BCUT2D eigenvalue weighted by Gasteiger charge is 2.17. The molecule has 2 aromatic carbocycles. The van der Waals surface area contributed by atoms with Gasteiger partial charge in [0.15, 0.2) is 0 Å². The summed E-state index contributed by atoms with van der Waals surface area (Å²) in [6.07, 6.45) is 1.71. The Balaban J connectivity index is 1.92. The molecular formula is C20H18N4O5. The Bertz CT molecular complexity index is 1030. The van der Waals surface area contributed by atoms with Crippen LogP contribution in [-0.4, -0.2) is 40.2 Å². The maximum Gasteiger partial charge on any atom is 0.325 e. The minimum atomic E-state index is -0.547. The van der Waals surface area contributed by atoms with Gasteiger partial charge >= 0.3 is 5.97 Å². The van der Waals surface area contributed by atoms with Crippen molar-refractivity contribution >= 4 is 17.6 Å². The van der Waals surface area contributed by atoms with Crippen molar-refractivity contribution in [2.75, 3.05) is 13.7 Å². The predicted molar refractivity (Wildman–Crippen MR) is 104 cm³/mol. The van der Waals surface area contributed by atoms with E-state index in [1.807, 2.05) is 30.3 Å². The Morgan fingerprint density at radius 3 is 2.45 bits per heavy atom. The number of para-hydroxylation sites is 1. The van der Waals surface area contributed by atoms with E-state index in [2.05, 4.69) is 15.2 Å². The number of rotatable bonds is 7. The number of ether oxygens (including phenoxy) is 1. The van der Waals surface area contributed by atoms with Crippen molar-refractivity contribution in [3.63, 3.8) is 0 Å². The molecule has 1 N–H and O–H groups in total. The van der Waals surface area contributed by atoms with Crippen LogP contribution in [0.15, 0.2) is 60.8 Å². The highest BCUT2D eigenvalue weighted by Crippen LogP contribution is 2.26. The number of carbonyl (C=O) groups is 2. The maximum atomic E-state index is 12.3. The second-order valence-corrected chi connectivity index (χ2v) is 6.12. The second-order valence-electron chi connectivity index (χ2n) is 6.12. The lowest BCUT2D eigenvalue weighted by Crippen LogP contribution is -2.31. The predicted octanol–water partition coefficient (Wildman–Crippen LogP) is 2.28. The van der Waals surface area contributed by atoms with Gasteiger partial charge in [0.25, 0.3) is 5.69 Å². The Labute approximate surface area is 166 Å². The van der Waals surface area contributed by atoms with Crippen LogP contribution in [0.1, 0.15) is 5.56 Å². The van der Waals surface area contributed by atoms with Crippen molar-refractivity contribution in [1.29, 1.82) is 0 Å². The molecule has 0 fully saturated rings. The van der Waals surface area contributed by atoms with Crippen molar-refractivity contribution < 1.29 is 19.2 Å². The van der Waals surface area contributed by atoms with Crippen LogP contribution < -0.4 is 5.32 Å². The van der Waals surface area contributed by atoms with Gasteiger partial charge in [0.05, 0.1) is 29.8 Å². The molecule has 148 valence electrons. The minimum absolute atomic E-state index is 0.0177. The molecule has 0 bridgehead atoms. The molecule has 0 aliphatic carbocycles. The summed E-state index contributed by atoms with van der Waals surface area (Å²) in [7, 11) is 1.24. The molecule has 1 aromatic heterocycles. The van der Waals surface area contributed by atoms with Crippen LogP contribution in [0.3, 0.4) is 0 Å². The number of benzene rings is 2. The van der Waals surface area contributed by atoms with Gasteiger partial charge < -0.3 is 10.1 Å². The lowest BCUT2D eigenvalue weighted by molar-refractivity contribution is -0.384. The Hall–Kier alpha value is -4.01. The van der Waals surface area contributed by atoms with Crippen LogP contribution in [0.5, 0.6) is 0 Å². The molecule has 3 rings (SSSR count). The van der Waals surface area contributed by atoms with E-state index in [4.69, 9.17) is 0 Å². The van der Waals surface area contributed by atoms with E-state index in [0.717, 1.165) is 5.69 Å². The average Bonchev–Trinajstić information content (AvgIpc) is 3.16. The number of nitrogens with one attached hydrogen (secondary N) is 1. The standard InChI is InChI=1S/C20H18N4O5/c1-29-19(26)12-21-18(25)11-15-13-23(16-5-3-2-4-6-16)22-20(15)14-7-9-17(10-8-14)24(27)28/h2-10,13H,11-12H2,1H3,(H,21,25). The van der Waals surface area contributed by atoms with E-state index < -0.39 is 10.9 Å². The molecular weight excluding hydrogens is 376 g/mol. The van der Waals surface area contributed by atoms with E-state index in [1.54, 1.807) is 23.0 Å². The van der Waals surface area contributed by atoms with Crippen molar-refractivity contribution in [1.82, 2.24) is 15.1 Å². The van der Waals surface area contributed by atoms with Gasteiger partial charge in [-0.1, -0.05) is 18.2 Å². The molecule has 0 spiro atoms. The van der Waals surface area contributed by atoms with Gasteiger partial charge in [-0.25, -0.2) is 4.68 Å². The molecule has 1 heterocycles. The summed E-state index contributed by atoms with van der Waals surface area (Å²) in [6, 6.07) is 15.3. The third-order valence-electron chi connectivity index (χ3n) is 4.17. The number of methoxy groups -OCH3 is 1. The third-order valence-corrected chi connectivity index (χ3v) is 4.17. The van der Waals surface area contributed by atoms with Crippen molar-refractivity contribution in [2.24, 2.45) is 0 Å². The van der Waals surface area contributed by atoms with Gasteiger partial charge in [0.2, 0.25) is 5.91 Å². The third kappa shape index (κ3) is 4.83. The molecule has 0 radical (unpaired) electrons. The number of hydrogen-bond donors (Lipinski definition) is 1. The summed E-state index contributed by atoms with van der Waals surface area (Å²) < 4.78 is 6.15. The molecule has 9 nitrogen and oxygen atoms in total. The van der Waals surface area contributed by atoms with Crippen molar-refractivity contribution in [3.05, 3.63) is 76.5 Å². The first kappa shape index (κ1) is 19.7. The molecule has 0 saturated carbocycles. The number of nitro benzene ring substituents is 1. The smallest absolute Gasteiger partial charge is 0.325 e. The summed E-state index contributed by atoms with van der Waals surface area (Å²) in [6.45, 7) is -0.227. The lowest BCUT2D eigenvalue weighted by Gasteiger charge is -2.04. The molecule has 3 aromatic rings. The highest BCUT2D eigenvalue weighted by atomic mass is 16.6. The number of amides is 1. The summed E-state index contributed by atoms with van der Waals surface area (Å²) >= 11 is 0. The number of non-ortho nitro benzene ring substituents is 1. The van der Waals surface area contributed by atoms with Crippen LogP contribution in [0.4, 0.5) is 5.69 Å². The van der Waals surface area contributed by atoms with Gasteiger partial charge in [-0.15, -0.1) is 0 Å². The number of carbonyl (C=O) groups excluding carboxylic acids is 2.